The van der Waals surface area contributed by atoms with Crippen molar-refractivity contribution in [2.24, 2.45) is 0 Å². The molecule has 15 heavy (non-hydrogen) atoms. The number of rotatable bonds is 5. The Balaban J connectivity index is 0.00000196. The van der Waals surface area contributed by atoms with E-state index in [1.165, 1.54) is 0 Å². The quantitative estimate of drug-likeness (QED) is 0.730. The van der Waals surface area contributed by atoms with Gasteiger partial charge in [0.15, 0.2) is 0 Å². The maximum absolute atomic E-state index is 5.60. The van der Waals surface area contributed by atoms with Gasteiger partial charge < -0.3 is 9.47 Å². The van der Waals surface area contributed by atoms with E-state index in [9.17, 15) is 0 Å². The molecular weight excluding hydrogens is 214 g/mol. The molecule has 0 radical (unpaired) electrons. The number of ether oxygens (including phenoxy) is 2. The minimum absolute atomic E-state index is 0. The summed E-state index contributed by atoms with van der Waals surface area (Å²) in [5.74, 6) is 0.925. The molecular formula is C11H18ClNO2. The molecule has 1 aromatic heterocycles. The van der Waals surface area contributed by atoms with Crippen LogP contribution in [0.2, 0.25) is 0 Å². The molecule has 1 aromatic rings. The second-order valence-electron chi connectivity index (χ2n) is 3.21. The van der Waals surface area contributed by atoms with E-state index >= 15 is 0 Å². The van der Waals surface area contributed by atoms with E-state index < -0.39 is 0 Å². The lowest BCUT2D eigenvalue weighted by molar-refractivity contribution is 0.172. The maximum atomic E-state index is 5.60. The van der Waals surface area contributed by atoms with Gasteiger partial charge in [0.25, 0.3) is 0 Å². The van der Waals surface area contributed by atoms with Crippen molar-refractivity contribution in [1.82, 2.24) is 4.98 Å². The molecule has 0 fully saturated rings. The Kier molecular flexibility index (Phi) is 7.09. The number of hydrogen-bond donors (Lipinski definition) is 0. The SMILES string of the molecule is COCCCOc1ccnc(C)c1C.Cl. The van der Waals surface area contributed by atoms with Crippen LogP contribution in [-0.2, 0) is 4.74 Å². The highest BCUT2D eigenvalue weighted by Crippen LogP contribution is 2.18. The largest absolute Gasteiger partial charge is 0.493 e. The highest BCUT2D eigenvalue weighted by molar-refractivity contribution is 5.85. The van der Waals surface area contributed by atoms with Crippen LogP contribution in [0.15, 0.2) is 12.3 Å². The van der Waals surface area contributed by atoms with Gasteiger partial charge in [-0.2, -0.15) is 0 Å². The molecule has 4 heteroatoms. The first-order valence-electron chi connectivity index (χ1n) is 4.79. The molecule has 0 saturated heterocycles. The Bertz CT molecular complexity index is 292. The third-order valence-corrected chi connectivity index (χ3v) is 2.16. The molecule has 0 saturated carbocycles. The third-order valence-electron chi connectivity index (χ3n) is 2.16. The predicted octanol–water partition coefficient (Wildman–Crippen LogP) is 2.54. The number of hydrogen-bond acceptors (Lipinski definition) is 3. The molecule has 0 unspecified atom stereocenters. The average Bonchev–Trinajstić information content (AvgIpc) is 2.19. The Labute approximate surface area is 97.2 Å². The normalized spacial score (nSPS) is 9.53. The zero-order chi connectivity index (χ0) is 10.4. The van der Waals surface area contributed by atoms with Gasteiger partial charge in [0.1, 0.15) is 5.75 Å². The summed E-state index contributed by atoms with van der Waals surface area (Å²) < 4.78 is 10.5. The number of halogens is 1. The van der Waals surface area contributed by atoms with Crippen LogP contribution in [0.3, 0.4) is 0 Å². The Morgan fingerprint density at radius 2 is 2.00 bits per heavy atom. The average molecular weight is 232 g/mol. The summed E-state index contributed by atoms with van der Waals surface area (Å²) in [5.41, 5.74) is 2.14. The van der Waals surface area contributed by atoms with Crippen molar-refractivity contribution < 1.29 is 9.47 Å². The lowest BCUT2D eigenvalue weighted by atomic mass is 10.2. The summed E-state index contributed by atoms with van der Waals surface area (Å²) in [6, 6.07) is 1.90. The number of nitrogens with zero attached hydrogens (tertiary/aromatic N) is 1. The van der Waals surface area contributed by atoms with Gasteiger partial charge in [-0.3, -0.25) is 4.98 Å². The molecule has 0 atom stereocenters. The second kappa shape index (κ2) is 7.49. The standard InChI is InChI=1S/C11H17NO2.ClH/c1-9-10(2)12-6-5-11(9)14-8-4-7-13-3;/h5-6H,4,7-8H2,1-3H3;1H. The minimum Gasteiger partial charge on any atom is -0.493 e. The van der Waals surface area contributed by atoms with Gasteiger partial charge in [0.05, 0.1) is 6.61 Å². The highest BCUT2D eigenvalue weighted by Gasteiger charge is 2.01. The van der Waals surface area contributed by atoms with Crippen molar-refractivity contribution in [3.63, 3.8) is 0 Å². The fraction of sp³-hybridized carbons (Fsp3) is 0.545. The van der Waals surface area contributed by atoms with E-state index in [0.29, 0.717) is 6.61 Å². The molecule has 0 bridgehead atoms. The van der Waals surface area contributed by atoms with Crippen molar-refractivity contribution in [1.29, 1.82) is 0 Å². The van der Waals surface area contributed by atoms with Gasteiger partial charge in [-0.05, 0) is 19.9 Å². The number of methoxy groups -OCH3 is 1. The monoisotopic (exact) mass is 231 g/mol. The molecule has 0 N–H and O–H groups in total. The number of pyridine rings is 1. The van der Waals surface area contributed by atoms with Crippen molar-refractivity contribution in [3.05, 3.63) is 23.5 Å². The summed E-state index contributed by atoms with van der Waals surface area (Å²) in [6.07, 6.45) is 2.69. The highest BCUT2D eigenvalue weighted by atomic mass is 35.5. The molecule has 1 rings (SSSR count). The minimum atomic E-state index is 0. The van der Waals surface area contributed by atoms with Gasteiger partial charge in [-0.25, -0.2) is 0 Å². The molecule has 1 heterocycles. The molecule has 86 valence electrons. The smallest absolute Gasteiger partial charge is 0.125 e. The van der Waals surface area contributed by atoms with Crippen LogP contribution in [0.25, 0.3) is 0 Å². The van der Waals surface area contributed by atoms with Crippen LogP contribution < -0.4 is 4.74 Å². The first kappa shape index (κ1) is 14.2. The van der Waals surface area contributed by atoms with Crippen molar-refractivity contribution in [2.45, 2.75) is 20.3 Å². The van der Waals surface area contributed by atoms with Gasteiger partial charge in [0.2, 0.25) is 0 Å². The van der Waals surface area contributed by atoms with Crippen LogP contribution >= 0.6 is 12.4 Å². The first-order chi connectivity index (χ1) is 6.75. The zero-order valence-corrected chi connectivity index (χ0v) is 10.3. The van der Waals surface area contributed by atoms with Crippen molar-refractivity contribution in [2.75, 3.05) is 20.3 Å². The van der Waals surface area contributed by atoms with Crippen LogP contribution in [-0.4, -0.2) is 25.3 Å². The Morgan fingerprint density at radius 1 is 1.27 bits per heavy atom. The topological polar surface area (TPSA) is 31.4 Å². The Morgan fingerprint density at radius 3 is 2.67 bits per heavy atom. The summed E-state index contributed by atoms with van der Waals surface area (Å²) >= 11 is 0. The van der Waals surface area contributed by atoms with Crippen LogP contribution in [0.5, 0.6) is 5.75 Å². The fourth-order valence-electron chi connectivity index (χ4n) is 1.16. The molecule has 3 nitrogen and oxygen atoms in total. The molecule has 0 aliphatic heterocycles. The second-order valence-corrected chi connectivity index (χ2v) is 3.21. The summed E-state index contributed by atoms with van der Waals surface area (Å²) in [4.78, 5) is 4.18. The molecule has 0 amide bonds. The third kappa shape index (κ3) is 4.49. The van der Waals surface area contributed by atoms with Gasteiger partial charge in [-0.1, -0.05) is 0 Å². The van der Waals surface area contributed by atoms with E-state index in [1.807, 2.05) is 19.9 Å². The van der Waals surface area contributed by atoms with Crippen LogP contribution in [0, 0.1) is 13.8 Å². The lowest BCUT2D eigenvalue weighted by Gasteiger charge is -2.09. The molecule has 0 spiro atoms. The summed E-state index contributed by atoms with van der Waals surface area (Å²) in [6.45, 7) is 5.44. The van der Waals surface area contributed by atoms with E-state index in [4.69, 9.17) is 9.47 Å². The van der Waals surface area contributed by atoms with Crippen LogP contribution in [0.4, 0.5) is 0 Å². The fourth-order valence-corrected chi connectivity index (χ4v) is 1.16. The number of aryl methyl sites for hydroxylation is 1. The molecule has 0 aliphatic carbocycles. The van der Waals surface area contributed by atoms with Crippen molar-refractivity contribution in [3.8, 4) is 5.75 Å². The van der Waals surface area contributed by atoms with Gasteiger partial charge in [0, 0.05) is 37.6 Å². The van der Waals surface area contributed by atoms with Gasteiger partial charge >= 0.3 is 0 Å². The van der Waals surface area contributed by atoms with Crippen LogP contribution in [0.1, 0.15) is 17.7 Å². The molecule has 0 aliphatic rings. The van der Waals surface area contributed by atoms with E-state index in [-0.39, 0.29) is 12.4 Å². The first-order valence-corrected chi connectivity index (χ1v) is 4.79. The van der Waals surface area contributed by atoms with Crippen molar-refractivity contribution >= 4 is 12.4 Å². The maximum Gasteiger partial charge on any atom is 0.125 e. The summed E-state index contributed by atoms with van der Waals surface area (Å²) in [5, 5.41) is 0. The molecule has 0 aromatic carbocycles. The zero-order valence-electron chi connectivity index (χ0n) is 9.45. The predicted molar refractivity (Wildman–Crippen MR) is 62.9 cm³/mol. The van der Waals surface area contributed by atoms with E-state index in [1.54, 1.807) is 13.3 Å². The van der Waals surface area contributed by atoms with Gasteiger partial charge in [-0.15, -0.1) is 12.4 Å². The van der Waals surface area contributed by atoms with E-state index in [0.717, 1.165) is 30.0 Å². The summed E-state index contributed by atoms with van der Waals surface area (Å²) in [7, 11) is 1.70. The van der Waals surface area contributed by atoms with E-state index in [2.05, 4.69) is 4.98 Å². The Hall–Kier alpha value is -0.800. The number of aromatic nitrogens is 1. The lowest BCUT2D eigenvalue weighted by Crippen LogP contribution is -2.03.